The van der Waals surface area contributed by atoms with Crippen molar-refractivity contribution in [2.45, 2.75) is 57.1 Å². The van der Waals surface area contributed by atoms with Gasteiger partial charge in [0, 0.05) is 5.54 Å². The summed E-state index contributed by atoms with van der Waals surface area (Å²) in [5, 5.41) is 10.4. The number of aliphatic hydroxyl groups excluding tert-OH is 1. The second-order valence-corrected chi connectivity index (χ2v) is 5.56. The molecule has 0 aliphatic heterocycles. The zero-order chi connectivity index (χ0) is 12.2. The molecule has 0 aromatic carbocycles. The van der Waals surface area contributed by atoms with E-state index in [9.17, 15) is 5.11 Å². The molecule has 94 valence electrons. The third-order valence-corrected chi connectivity index (χ3v) is 4.30. The first-order valence-corrected chi connectivity index (χ1v) is 6.49. The van der Waals surface area contributed by atoms with Gasteiger partial charge >= 0.3 is 0 Å². The zero-order valence-electron chi connectivity index (χ0n) is 11.1. The Labute approximate surface area is 100 Å². The van der Waals surface area contributed by atoms with Gasteiger partial charge in [-0.25, -0.2) is 0 Å². The lowest BCUT2D eigenvalue weighted by Crippen LogP contribution is -2.55. The fraction of sp³-hybridized carbons (Fsp3) is 0.857. The van der Waals surface area contributed by atoms with Crippen LogP contribution >= 0.6 is 0 Å². The highest BCUT2D eigenvalue weighted by Gasteiger charge is 2.41. The zero-order valence-corrected chi connectivity index (χ0v) is 11.1. The van der Waals surface area contributed by atoms with Gasteiger partial charge in [0.25, 0.3) is 0 Å². The lowest BCUT2D eigenvalue weighted by Gasteiger charge is -2.47. The summed E-state index contributed by atoms with van der Waals surface area (Å²) in [4.78, 5) is 2.24. The van der Waals surface area contributed by atoms with E-state index in [1.54, 1.807) is 0 Å². The number of nitrogens with zero attached hydrogens (tertiary/aromatic N) is 1. The van der Waals surface area contributed by atoms with Crippen molar-refractivity contribution in [2.24, 2.45) is 5.92 Å². The predicted octanol–water partition coefficient (Wildman–Crippen LogP) is 2.82. The number of likely N-dealkylation sites (N-methyl/N-ethyl adjacent to an activating group) is 1. The van der Waals surface area contributed by atoms with E-state index < -0.39 is 0 Å². The molecule has 1 aliphatic carbocycles. The highest BCUT2D eigenvalue weighted by molar-refractivity contribution is 4.98. The summed E-state index contributed by atoms with van der Waals surface area (Å²) in [6.07, 6.45) is 8.17. The minimum absolute atomic E-state index is 0.00944. The largest absolute Gasteiger partial charge is 0.391 e. The van der Waals surface area contributed by atoms with E-state index in [0.29, 0.717) is 0 Å². The van der Waals surface area contributed by atoms with Gasteiger partial charge in [0.2, 0.25) is 0 Å². The predicted molar refractivity (Wildman–Crippen MR) is 69.5 cm³/mol. The quantitative estimate of drug-likeness (QED) is 0.727. The molecule has 0 heterocycles. The lowest BCUT2D eigenvalue weighted by atomic mass is 9.72. The van der Waals surface area contributed by atoms with Crippen molar-refractivity contribution in [3.8, 4) is 0 Å². The van der Waals surface area contributed by atoms with Crippen LogP contribution in [-0.2, 0) is 0 Å². The molecule has 1 fully saturated rings. The van der Waals surface area contributed by atoms with Gasteiger partial charge in [0.1, 0.15) is 0 Å². The minimum Gasteiger partial charge on any atom is -0.391 e. The summed E-state index contributed by atoms with van der Waals surface area (Å²) < 4.78 is 0. The third kappa shape index (κ3) is 2.86. The number of hydrogen-bond donors (Lipinski definition) is 1. The van der Waals surface area contributed by atoms with Gasteiger partial charge in [-0.15, -0.1) is 6.58 Å². The van der Waals surface area contributed by atoms with Crippen molar-refractivity contribution in [2.75, 3.05) is 14.1 Å². The first-order valence-electron chi connectivity index (χ1n) is 6.49. The molecule has 1 unspecified atom stereocenters. The van der Waals surface area contributed by atoms with E-state index in [2.05, 4.69) is 32.5 Å². The van der Waals surface area contributed by atoms with Crippen LogP contribution in [0.4, 0.5) is 0 Å². The Morgan fingerprint density at radius 1 is 1.44 bits per heavy atom. The summed E-state index contributed by atoms with van der Waals surface area (Å²) in [6, 6.07) is 0. The van der Waals surface area contributed by atoms with Gasteiger partial charge in [0.05, 0.1) is 6.10 Å². The Balaban J connectivity index is 2.68. The molecule has 0 amide bonds. The second kappa shape index (κ2) is 5.83. The van der Waals surface area contributed by atoms with Gasteiger partial charge in [0.15, 0.2) is 0 Å². The van der Waals surface area contributed by atoms with E-state index in [1.165, 1.54) is 12.8 Å². The molecule has 2 heteroatoms. The van der Waals surface area contributed by atoms with Crippen molar-refractivity contribution in [3.63, 3.8) is 0 Å². The standard InChI is InChI=1S/C14H27NO/c1-5-6-7-13(16)14(15(3)4)10-8-12(2)9-11-14/h5,12-13,16H,1,6-11H2,2-4H3. The maximum Gasteiger partial charge on any atom is 0.0726 e. The highest BCUT2D eigenvalue weighted by Crippen LogP contribution is 2.38. The Kier molecular flexibility index (Phi) is 5.00. The molecule has 1 aliphatic rings. The van der Waals surface area contributed by atoms with Crippen molar-refractivity contribution in [1.82, 2.24) is 4.90 Å². The molecule has 0 spiro atoms. The molecule has 1 atom stereocenters. The summed E-state index contributed by atoms with van der Waals surface area (Å²) >= 11 is 0. The first kappa shape index (κ1) is 13.7. The number of hydrogen-bond acceptors (Lipinski definition) is 2. The molecular weight excluding hydrogens is 198 g/mol. The summed E-state index contributed by atoms with van der Waals surface area (Å²) in [6.45, 7) is 6.05. The Morgan fingerprint density at radius 3 is 2.44 bits per heavy atom. The Morgan fingerprint density at radius 2 is 2.00 bits per heavy atom. The van der Waals surface area contributed by atoms with Crippen molar-refractivity contribution >= 4 is 0 Å². The average molecular weight is 225 g/mol. The van der Waals surface area contributed by atoms with Crippen LogP contribution in [0.25, 0.3) is 0 Å². The van der Waals surface area contributed by atoms with Crippen molar-refractivity contribution < 1.29 is 5.11 Å². The molecule has 0 aromatic heterocycles. The Bertz CT molecular complexity index is 217. The average Bonchev–Trinajstić information content (AvgIpc) is 2.26. The molecule has 1 rings (SSSR count). The van der Waals surface area contributed by atoms with Crippen LogP contribution in [0.3, 0.4) is 0 Å². The lowest BCUT2D eigenvalue weighted by molar-refractivity contribution is -0.0419. The number of allylic oxidation sites excluding steroid dienone is 1. The fourth-order valence-corrected chi connectivity index (χ4v) is 2.88. The first-order chi connectivity index (χ1) is 7.53. The van der Waals surface area contributed by atoms with Gasteiger partial charge < -0.3 is 10.0 Å². The van der Waals surface area contributed by atoms with Crippen LogP contribution in [0, 0.1) is 5.92 Å². The molecule has 2 nitrogen and oxygen atoms in total. The van der Waals surface area contributed by atoms with Gasteiger partial charge in [-0.05, 0) is 58.5 Å². The Hall–Kier alpha value is -0.340. The molecule has 0 saturated heterocycles. The molecule has 0 bridgehead atoms. The summed E-state index contributed by atoms with van der Waals surface area (Å²) in [5.74, 6) is 0.819. The molecule has 16 heavy (non-hydrogen) atoms. The van der Waals surface area contributed by atoms with Crippen LogP contribution in [0.5, 0.6) is 0 Å². The van der Waals surface area contributed by atoms with E-state index in [4.69, 9.17) is 0 Å². The van der Waals surface area contributed by atoms with Gasteiger partial charge in [-0.3, -0.25) is 0 Å². The molecular formula is C14H27NO. The van der Waals surface area contributed by atoms with Crippen LogP contribution in [0.15, 0.2) is 12.7 Å². The third-order valence-electron chi connectivity index (χ3n) is 4.30. The topological polar surface area (TPSA) is 23.5 Å². The molecule has 1 N–H and O–H groups in total. The maximum atomic E-state index is 10.4. The molecule has 0 aromatic rings. The maximum absolute atomic E-state index is 10.4. The van der Waals surface area contributed by atoms with Crippen LogP contribution in [0.1, 0.15) is 45.4 Å². The van der Waals surface area contributed by atoms with E-state index in [1.807, 2.05) is 6.08 Å². The van der Waals surface area contributed by atoms with Crippen molar-refractivity contribution in [3.05, 3.63) is 12.7 Å². The normalized spacial score (nSPS) is 32.7. The van der Waals surface area contributed by atoms with E-state index in [-0.39, 0.29) is 11.6 Å². The summed E-state index contributed by atoms with van der Waals surface area (Å²) in [5.41, 5.74) is 0.00944. The minimum atomic E-state index is -0.215. The molecule has 1 saturated carbocycles. The van der Waals surface area contributed by atoms with Crippen molar-refractivity contribution in [1.29, 1.82) is 0 Å². The molecule has 0 radical (unpaired) electrons. The van der Waals surface area contributed by atoms with Gasteiger partial charge in [-0.1, -0.05) is 13.0 Å². The smallest absolute Gasteiger partial charge is 0.0726 e. The SMILES string of the molecule is C=CCCC(O)C1(N(C)C)CCC(C)CC1. The van der Waals surface area contributed by atoms with E-state index >= 15 is 0 Å². The van der Waals surface area contributed by atoms with Crippen LogP contribution in [-0.4, -0.2) is 35.7 Å². The number of rotatable bonds is 5. The monoisotopic (exact) mass is 225 g/mol. The van der Waals surface area contributed by atoms with Crippen LogP contribution < -0.4 is 0 Å². The van der Waals surface area contributed by atoms with E-state index in [0.717, 1.165) is 31.6 Å². The second-order valence-electron chi connectivity index (χ2n) is 5.56. The summed E-state index contributed by atoms with van der Waals surface area (Å²) in [7, 11) is 4.21. The highest BCUT2D eigenvalue weighted by atomic mass is 16.3. The fourth-order valence-electron chi connectivity index (χ4n) is 2.88. The van der Waals surface area contributed by atoms with Gasteiger partial charge in [-0.2, -0.15) is 0 Å². The van der Waals surface area contributed by atoms with Crippen LogP contribution in [0.2, 0.25) is 0 Å². The number of aliphatic hydroxyl groups is 1.